The van der Waals surface area contributed by atoms with Gasteiger partial charge in [0.2, 0.25) is 10.0 Å². The zero-order valence-corrected chi connectivity index (χ0v) is 16.2. The number of sulfonamides is 1. The summed E-state index contributed by atoms with van der Waals surface area (Å²) in [5, 5.41) is 3.71. The van der Waals surface area contributed by atoms with Gasteiger partial charge in [-0.1, -0.05) is 18.2 Å². The second-order valence-corrected chi connectivity index (χ2v) is 8.91. The second-order valence-electron chi connectivity index (χ2n) is 7.22. The maximum Gasteiger partial charge on any atom is 0.256 e. The number of carbonyl (C=O) groups is 1. The van der Waals surface area contributed by atoms with Crippen LogP contribution in [-0.2, 0) is 10.0 Å². The van der Waals surface area contributed by atoms with Crippen LogP contribution >= 0.6 is 0 Å². The fraction of sp³-hybridized carbons (Fsp3) is 0.200. The van der Waals surface area contributed by atoms with E-state index in [1.807, 2.05) is 30.3 Å². The lowest BCUT2D eigenvalue weighted by atomic mass is 10.1. The molecule has 0 unspecified atom stereocenters. The number of pyridine rings is 1. The van der Waals surface area contributed by atoms with Gasteiger partial charge in [0.1, 0.15) is 5.82 Å². The van der Waals surface area contributed by atoms with Crippen LogP contribution in [0.5, 0.6) is 0 Å². The maximum absolute atomic E-state index is 12.4. The van der Waals surface area contributed by atoms with Crippen molar-refractivity contribution < 1.29 is 13.2 Å². The van der Waals surface area contributed by atoms with Crippen molar-refractivity contribution >= 4 is 32.7 Å². The number of fused-ring (bicyclic) bond motifs is 1. The van der Waals surface area contributed by atoms with Gasteiger partial charge in [-0.3, -0.25) is 4.79 Å². The van der Waals surface area contributed by atoms with Crippen molar-refractivity contribution in [3.8, 4) is 0 Å². The predicted octanol–water partition coefficient (Wildman–Crippen LogP) is 3.56. The normalized spacial score (nSPS) is 12.1. The van der Waals surface area contributed by atoms with Gasteiger partial charge in [-0.05, 0) is 63.2 Å². The molecule has 2 aromatic carbocycles. The lowest BCUT2D eigenvalue weighted by Gasteiger charge is -2.20. The van der Waals surface area contributed by atoms with Crippen molar-refractivity contribution in [3.63, 3.8) is 0 Å². The molecule has 140 valence electrons. The highest BCUT2D eigenvalue weighted by Gasteiger charge is 2.22. The molecule has 0 aliphatic heterocycles. The summed E-state index contributed by atoms with van der Waals surface area (Å²) in [7, 11) is -3.64. The largest absolute Gasteiger partial charge is 0.307 e. The Kier molecular flexibility index (Phi) is 4.99. The van der Waals surface area contributed by atoms with Gasteiger partial charge in [0.25, 0.3) is 5.91 Å². The summed E-state index contributed by atoms with van der Waals surface area (Å²) >= 11 is 0. The number of nitrogens with one attached hydrogen (secondary N) is 2. The third kappa shape index (κ3) is 4.69. The number of para-hydroxylation sites is 1. The Morgan fingerprint density at radius 3 is 2.26 bits per heavy atom. The molecular formula is C20H21N3O3S. The molecule has 0 saturated carbocycles. The lowest BCUT2D eigenvalue weighted by Crippen LogP contribution is -2.40. The smallest absolute Gasteiger partial charge is 0.256 e. The third-order valence-corrected chi connectivity index (χ3v) is 5.48. The van der Waals surface area contributed by atoms with E-state index in [1.54, 1.807) is 26.8 Å². The molecule has 0 radical (unpaired) electrons. The Labute approximate surface area is 158 Å². The molecule has 3 rings (SSSR count). The van der Waals surface area contributed by atoms with Crippen LogP contribution in [0.25, 0.3) is 10.9 Å². The zero-order chi connectivity index (χ0) is 19.7. The third-order valence-electron chi connectivity index (χ3n) is 3.71. The van der Waals surface area contributed by atoms with E-state index in [2.05, 4.69) is 15.0 Å². The van der Waals surface area contributed by atoms with Crippen molar-refractivity contribution in [2.24, 2.45) is 0 Å². The molecule has 0 aliphatic carbocycles. The number of nitrogens with zero attached hydrogens (tertiary/aromatic N) is 1. The Balaban J connectivity index is 1.77. The molecular weight excluding hydrogens is 362 g/mol. The van der Waals surface area contributed by atoms with E-state index < -0.39 is 15.6 Å². The minimum atomic E-state index is -3.64. The number of carbonyl (C=O) groups excluding carboxylic acids is 1. The highest BCUT2D eigenvalue weighted by Crippen LogP contribution is 2.17. The van der Waals surface area contributed by atoms with Crippen LogP contribution in [0, 0.1) is 0 Å². The summed E-state index contributed by atoms with van der Waals surface area (Å²) in [5.74, 6) is 0.0790. The van der Waals surface area contributed by atoms with Gasteiger partial charge in [-0.25, -0.2) is 18.1 Å². The molecule has 3 aromatic rings. The molecule has 1 aromatic heterocycles. The van der Waals surface area contributed by atoms with Crippen molar-refractivity contribution in [2.75, 3.05) is 5.32 Å². The number of hydrogen-bond acceptors (Lipinski definition) is 4. The maximum atomic E-state index is 12.4. The Morgan fingerprint density at radius 1 is 0.926 bits per heavy atom. The van der Waals surface area contributed by atoms with Crippen LogP contribution in [0.4, 0.5) is 5.82 Å². The minimum Gasteiger partial charge on any atom is -0.307 e. The van der Waals surface area contributed by atoms with Crippen molar-refractivity contribution in [1.82, 2.24) is 9.71 Å². The summed E-state index contributed by atoms with van der Waals surface area (Å²) < 4.78 is 27.2. The molecule has 1 amide bonds. The molecule has 0 aliphatic rings. The van der Waals surface area contributed by atoms with Gasteiger partial charge in [-0.15, -0.1) is 0 Å². The van der Waals surface area contributed by atoms with Crippen LogP contribution in [0.3, 0.4) is 0 Å². The van der Waals surface area contributed by atoms with Gasteiger partial charge in [0.15, 0.2) is 0 Å². The fourth-order valence-electron chi connectivity index (χ4n) is 2.57. The molecule has 0 fully saturated rings. The van der Waals surface area contributed by atoms with E-state index in [9.17, 15) is 13.2 Å². The standard InChI is InChI=1S/C20H21N3O3S/c1-20(2,3)23-27(25,26)16-11-8-15(9-12-16)19(24)22-18-13-10-14-6-4-5-7-17(14)21-18/h4-13,23H,1-3H3,(H,21,22,24). The van der Waals surface area contributed by atoms with E-state index in [-0.39, 0.29) is 10.8 Å². The molecule has 1 heterocycles. The second kappa shape index (κ2) is 7.09. The topological polar surface area (TPSA) is 88.2 Å². The summed E-state index contributed by atoms with van der Waals surface area (Å²) in [6, 6.07) is 17.0. The van der Waals surface area contributed by atoms with Crippen LogP contribution in [-0.4, -0.2) is 24.8 Å². The number of hydrogen-bond donors (Lipinski definition) is 2. The number of amides is 1. The highest BCUT2D eigenvalue weighted by atomic mass is 32.2. The predicted molar refractivity (Wildman–Crippen MR) is 106 cm³/mol. The van der Waals surface area contributed by atoms with E-state index in [0.29, 0.717) is 11.4 Å². The molecule has 0 atom stereocenters. The molecule has 2 N–H and O–H groups in total. The van der Waals surface area contributed by atoms with Crippen LogP contribution in [0.15, 0.2) is 65.6 Å². The summed E-state index contributed by atoms with van der Waals surface area (Å²) in [6.07, 6.45) is 0. The average molecular weight is 383 g/mol. The fourth-order valence-corrected chi connectivity index (χ4v) is 3.99. The zero-order valence-electron chi connectivity index (χ0n) is 15.4. The van der Waals surface area contributed by atoms with Crippen molar-refractivity contribution in [1.29, 1.82) is 0 Å². The first-order chi connectivity index (χ1) is 12.6. The van der Waals surface area contributed by atoms with Crippen molar-refractivity contribution in [2.45, 2.75) is 31.2 Å². The van der Waals surface area contributed by atoms with Crippen LogP contribution in [0.1, 0.15) is 31.1 Å². The monoisotopic (exact) mass is 383 g/mol. The van der Waals surface area contributed by atoms with Gasteiger partial charge in [-0.2, -0.15) is 0 Å². The van der Waals surface area contributed by atoms with E-state index in [1.165, 1.54) is 24.3 Å². The highest BCUT2D eigenvalue weighted by molar-refractivity contribution is 7.89. The first-order valence-corrected chi connectivity index (χ1v) is 9.94. The Bertz CT molecular complexity index is 1090. The molecule has 27 heavy (non-hydrogen) atoms. The Morgan fingerprint density at radius 2 is 1.59 bits per heavy atom. The molecule has 0 spiro atoms. The van der Waals surface area contributed by atoms with Crippen LogP contribution < -0.4 is 10.0 Å². The SMILES string of the molecule is CC(C)(C)NS(=O)(=O)c1ccc(C(=O)Nc2ccc3ccccc3n2)cc1. The molecule has 0 bridgehead atoms. The van der Waals surface area contributed by atoms with E-state index >= 15 is 0 Å². The van der Waals surface area contributed by atoms with Gasteiger partial charge >= 0.3 is 0 Å². The summed E-state index contributed by atoms with van der Waals surface area (Å²) in [6.45, 7) is 5.30. The molecule has 7 heteroatoms. The number of benzene rings is 2. The average Bonchev–Trinajstić information content (AvgIpc) is 2.60. The molecule has 6 nitrogen and oxygen atoms in total. The first-order valence-electron chi connectivity index (χ1n) is 8.45. The lowest BCUT2D eigenvalue weighted by molar-refractivity contribution is 0.102. The van der Waals surface area contributed by atoms with Crippen LogP contribution in [0.2, 0.25) is 0 Å². The summed E-state index contributed by atoms with van der Waals surface area (Å²) in [4.78, 5) is 16.9. The van der Waals surface area contributed by atoms with Crippen molar-refractivity contribution in [3.05, 3.63) is 66.2 Å². The number of aromatic nitrogens is 1. The number of rotatable bonds is 4. The number of anilines is 1. The summed E-state index contributed by atoms with van der Waals surface area (Å²) in [5.41, 5.74) is 0.543. The van der Waals surface area contributed by atoms with Gasteiger partial charge in [0.05, 0.1) is 10.4 Å². The van der Waals surface area contributed by atoms with Gasteiger partial charge in [0, 0.05) is 16.5 Å². The first kappa shape index (κ1) is 19.0. The Hall–Kier alpha value is -2.77. The quantitative estimate of drug-likeness (QED) is 0.721. The van der Waals surface area contributed by atoms with Gasteiger partial charge < -0.3 is 5.32 Å². The molecule has 0 saturated heterocycles. The van der Waals surface area contributed by atoms with E-state index in [0.717, 1.165) is 10.9 Å². The minimum absolute atomic E-state index is 0.109. The van der Waals surface area contributed by atoms with E-state index in [4.69, 9.17) is 0 Å².